The van der Waals surface area contributed by atoms with Gasteiger partial charge in [0.25, 0.3) is 0 Å². The quantitative estimate of drug-likeness (QED) is 0.859. The molecule has 0 saturated carbocycles. The van der Waals surface area contributed by atoms with Crippen LogP contribution in [0.15, 0.2) is 33.5 Å². The van der Waals surface area contributed by atoms with Gasteiger partial charge in [-0.1, -0.05) is 19.4 Å². The summed E-state index contributed by atoms with van der Waals surface area (Å²) in [6.07, 6.45) is 3.32. The second kappa shape index (κ2) is 5.61. The Morgan fingerprint density at radius 3 is 2.85 bits per heavy atom. The van der Waals surface area contributed by atoms with Crippen LogP contribution in [0.4, 0.5) is 0 Å². The van der Waals surface area contributed by atoms with E-state index in [1.807, 2.05) is 6.92 Å². The van der Waals surface area contributed by atoms with Gasteiger partial charge in [0.2, 0.25) is 0 Å². The molecule has 0 amide bonds. The Labute approximate surface area is 114 Å². The van der Waals surface area contributed by atoms with Gasteiger partial charge in [-0.3, -0.25) is 4.79 Å². The number of hydrogen-bond acceptors (Lipinski definition) is 4. The van der Waals surface area contributed by atoms with Crippen LogP contribution < -0.4 is 10.5 Å². The zero-order valence-electron chi connectivity index (χ0n) is 10.9. The Bertz CT molecular complexity index is 740. The summed E-state index contributed by atoms with van der Waals surface area (Å²) in [6, 6.07) is 4.01. The molecular weight excluding hydrogens is 260 g/mol. The predicted molar refractivity (Wildman–Crippen MR) is 72.6 cm³/mol. The molecule has 2 aromatic rings. The molecule has 0 saturated heterocycles. The fraction of sp³-hybridized carbons (Fsp3) is 0.200. The molecular formula is C15H13O5-. The molecule has 0 aliphatic rings. The van der Waals surface area contributed by atoms with Gasteiger partial charge in [-0.2, -0.15) is 0 Å². The van der Waals surface area contributed by atoms with E-state index in [0.717, 1.165) is 12.5 Å². The van der Waals surface area contributed by atoms with Crippen LogP contribution >= 0.6 is 0 Å². The Kier molecular flexibility index (Phi) is 3.89. The lowest BCUT2D eigenvalue weighted by Crippen LogP contribution is -2.05. The number of carbonyl (C=O) groups is 1. The third kappa shape index (κ3) is 2.71. The number of aryl methyl sites for hydroxylation is 1. The summed E-state index contributed by atoms with van der Waals surface area (Å²) in [5.41, 5.74) is 0.401. The minimum absolute atomic E-state index is 0.118. The van der Waals surface area contributed by atoms with Crippen molar-refractivity contribution in [3.63, 3.8) is 0 Å². The fourth-order valence-corrected chi connectivity index (χ4v) is 2.00. The van der Waals surface area contributed by atoms with Gasteiger partial charge >= 0.3 is 5.97 Å². The molecule has 0 radical (unpaired) electrons. The topological polar surface area (TPSA) is 90.6 Å². The van der Waals surface area contributed by atoms with Crippen molar-refractivity contribution in [2.24, 2.45) is 0 Å². The summed E-state index contributed by atoms with van der Waals surface area (Å²) in [7, 11) is 0. The molecule has 5 nitrogen and oxygen atoms in total. The average Bonchev–Trinajstić information content (AvgIpc) is 2.40. The number of aliphatic carboxylic acids is 1. The minimum atomic E-state index is -1.14. The molecule has 1 aromatic heterocycles. The fourth-order valence-electron chi connectivity index (χ4n) is 2.00. The smallest absolute Gasteiger partial charge is 0.328 e. The van der Waals surface area contributed by atoms with E-state index in [4.69, 9.17) is 9.52 Å². The third-order valence-corrected chi connectivity index (χ3v) is 2.87. The van der Waals surface area contributed by atoms with E-state index in [9.17, 15) is 14.7 Å². The van der Waals surface area contributed by atoms with Gasteiger partial charge in [-0.05, 0) is 24.1 Å². The second-order valence-corrected chi connectivity index (χ2v) is 4.35. The van der Waals surface area contributed by atoms with Crippen LogP contribution in [-0.4, -0.2) is 11.1 Å². The third-order valence-electron chi connectivity index (χ3n) is 2.87. The summed E-state index contributed by atoms with van der Waals surface area (Å²) in [4.78, 5) is 22.5. The van der Waals surface area contributed by atoms with Crippen molar-refractivity contribution >= 4 is 23.0 Å². The van der Waals surface area contributed by atoms with Gasteiger partial charge in [-0.15, -0.1) is 5.75 Å². The van der Waals surface area contributed by atoms with E-state index in [1.165, 1.54) is 24.3 Å². The molecule has 1 aromatic carbocycles. The van der Waals surface area contributed by atoms with Gasteiger partial charge in [-0.25, -0.2) is 4.79 Å². The van der Waals surface area contributed by atoms with Gasteiger partial charge in [0.15, 0.2) is 5.43 Å². The lowest BCUT2D eigenvalue weighted by Gasteiger charge is -2.14. The van der Waals surface area contributed by atoms with Crippen LogP contribution in [0.1, 0.15) is 24.7 Å². The van der Waals surface area contributed by atoms with E-state index in [-0.39, 0.29) is 22.5 Å². The zero-order valence-corrected chi connectivity index (χ0v) is 10.9. The number of carboxylic acid groups (broad SMARTS) is 1. The zero-order chi connectivity index (χ0) is 14.7. The van der Waals surface area contributed by atoms with Crippen molar-refractivity contribution in [2.45, 2.75) is 19.8 Å². The van der Waals surface area contributed by atoms with Crippen LogP contribution in [-0.2, 0) is 11.2 Å². The van der Waals surface area contributed by atoms with Gasteiger partial charge in [0.05, 0.1) is 5.39 Å². The molecule has 0 spiro atoms. The second-order valence-electron chi connectivity index (χ2n) is 4.35. The van der Waals surface area contributed by atoms with Crippen LogP contribution in [0.3, 0.4) is 0 Å². The maximum atomic E-state index is 12.0. The highest BCUT2D eigenvalue weighted by molar-refractivity contribution is 5.86. The first-order valence-electron chi connectivity index (χ1n) is 6.20. The van der Waals surface area contributed by atoms with E-state index in [0.29, 0.717) is 17.4 Å². The van der Waals surface area contributed by atoms with E-state index in [2.05, 4.69) is 0 Å². The number of rotatable bonds is 4. The molecule has 2 rings (SSSR count). The Morgan fingerprint density at radius 1 is 1.45 bits per heavy atom. The van der Waals surface area contributed by atoms with Crippen molar-refractivity contribution in [3.8, 4) is 5.75 Å². The lowest BCUT2D eigenvalue weighted by molar-refractivity contribution is -0.269. The molecule has 0 bridgehead atoms. The molecule has 0 aliphatic carbocycles. The summed E-state index contributed by atoms with van der Waals surface area (Å²) >= 11 is 0. The van der Waals surface area contributed by atoms with Crippen molar-refractivity contribution in [1.29, 1.82) is 0 Å². The molecule has 1 heterocycles. The summed E-state index contributed by atoms with van der Waals surface area (Å²) < 4.78 is 5.51. The molecule has 0 atom stereocenters. The van der Waals surface area contributed by atoms with E-state index >= 15 is 0 Å². The monoisotopic (exact) mass is 273 g/mol. The van der Waals surface area contributed by atoms with Crippen molar-refractivity contribution < 1.29 is 19.4 Å². The first kappa shape index (κ1) is 13.9. The first-order valence-corrected chi connectivity index (χ1v) is 6.20. The van der Waals surface area contributed by atoms with Crippen LogP contribution in [0, 0.1) is 0 Å². The normalized spacial score (nSPS) is 11.2. The number of benzene rings is 1. The summed E-state index contributed by atoms with van der Waals surface area (Å²) in [6.45, 7) is 1.92. The van der Waals surface area contributed by atoms with Crippen molar-refractivity contribution in [3.05, 3.63) is 45.8 Å². The van der Waals surface area contributed by atoms with Gasteiger partial charge in [0, 0.05) is 12.1 Å². The number of carboxylic acids is 1. The highest BCUT2D eigenvalue weighted by Crippen LogP contribution is 2.26. The largest absolute Gasteiger partial charge is 0.872 e. The average molecular weight is 273 g/mol. The number of fused-ring (bicyclic) bond motifs is 1. The Hall–Kier alpha value is -2.56. The molecule has 0 unspecified atom stereocenters. The highest BCUT2D eigenvalue weighted by Gasteiger charge is 2.08. The van der Waals surface area contributed by atoms with Crippen molar-refractivity contribution in [1.82, 2.24) is 0 Å². The molecule has 104 valence electrons. The highest BCUT2D eigenvalue weighted by atomic mass is 16.4. The van der Waals surface area contributed by atoms with Gasteiger partial charge in [0.1, 0.15) is 11.3 Å². The number of hydrogen-bond donors (Lipinski definition) is 1. The van der Waals surface area contributed by atoms with Gasteiger partial charge < -0.3 is 14.6 Å². The Balaban J connectivity index is 2.70. The van der Waals surface area contributed by atoms with E-state index in [1.54, 1.807) is 0 Å². The van der Waals surface area contributed by atoms with Crippen LogP contribution in [0.2, 0.25) is 0 Å². The predicted octanol–water partition coefficient (Wildman–Crippen LogP) is 1.92. The molecule has 0 aliphatic heterocycles. The Morgan fingerprint density at radius 2 is 2.20 bits per heavy atom. The molecule has 0 fully saturated rings. The first-order chi connectivity index (χ1) is 9.52. The maximum Gasteiger partial charge on any atom is 0.328 e. The summed E-state index contributed by atoms with van der Waals surface area (Å²) in [5, 5.41) is 20.8. The van der Waals surface area contributed by atoms with Crippen molar-refractivity contribution in [2.75, 3.05) is 0 Å². The van der Waals surface area contributed by atoms with Crippen LogP contribution in [0.5, 0.6) is 5.75 Å². The molecule has 5 heteroatoms. The standard InChI is InChI=1S/C15H14O5/c1-2-3-10-12(16)6-5-11-13(17)8-9(20-15(10)11)4-7-14(18)19/h4-8,16H,2-3H2,1H3,(H,18,19)/p-1/b7-4+. The van der Waals surface area contributed by atoms with Crippen LogP contribution in [0.25, 0.3) is 17.0 Å². The SMILES string of the molecule is CCCc1c([O-])ccc2c(=O)cc(/C=C/C(=O)O)oc12. The van der Waals surface area contributed by atoms with E-state index < -0.39 is 5.97 Å². The minimum Gasteiger partial charge on any atom is -0.872 e. The molecule has 1 N–H and O–H groups in total. The molecule has 20 heavy (non-hydrogen) atoms. The maximum absolute atomic E-state index is 12.0. The lowest BCUT2D eigenvalue weighted by atomic mass is 10.0. The summed E-state index contributed by atoms with van der Waals surface area (Å²) in [5.74, 6) is -1.20.